The Bertz CT molecular complexity index is 664. The molecule has 0 saturated heterocycles. The van der Waals surface area contributed by atoms with Gasteiger partial charge in [-0.15, -0.1) is 0 Å². The third-order valence-corrected chi connectivity index (χ3v) is 3.65. The van der Waals surface area contributed by atoms with Gasteiger partial charge < -0.3 is 5.32 Å². The normalized spacial score (nSPS) is 12.2. The van der Waals surface area contributed by atoms with E-state index >= 15 is 0 Å². The van der Waals surface area contributed by atoms with Crippen LogP contribution in [0.1, 0.15) is 36.3 Å². The van der Waals surface area contributed by atoms with Gasteiger partial charge in [0.05, 0.1) is 11.7 Å². The van der Waals surface area contributed by atoms with Crippen LogP contribution in [-0.4, -0.2) is 15.7 Å². The van der Waals surface area contributed by atoms with Crippen LogP contribution in [0.5, 0.6) is 0 Å². The van der Waals surface area contributed by atoms with Gasteiger partial charge in [0.1, 0.15) is 0 Å². The van der Waals surface area contributed by atoms with Crippen LogP contribution in [-0.2, 0) is 4.79 Å². The molecule has 4 nitrogen and oxygen atoms in total. The van der Waals surface area contributed by atoms with Gasteiger partial charge in [-0.05, 0) is 51.5 Å². The summed E-state index contributed by atoms with van der Waals surface area (Å²) in [6, 6.07) is 7.49. The predicted octanol–water partition coefficient (Wildman–Crippen LogP) is 4.05. The molecule has 112 valence electrons. The van der Waals surface area contributed by atoms with E-state index in [0.29, 0.717) is 11.4 Å². The van der Waals surface area contributed by atoms with Crippen LogP contribution in [0.2, 0.25) is 5.02 Å². The molecule has 1 amide bonds. The minimum Gasteiger partial charge on any atom is -0.326 e. The van der Waals surface area contributed by atoms with Gasteiger partial charge in [0, 0.05) is 22.8 Å². The molecule has 0 radical (unpaired) electrons. The van der Waals surface area contributed by atoms with Crippen LogP contribution < -0.4 is 5.32 Å². The molecular weight excluding hydrogens is 286 g/mol. The maximum atomic E-state index is 12.2. The van der Waals surface area contributed by atoms with E-state index in [-0.39, 0.29) is 11.9 Å². The Kier molecular flexibility index (Phi) is 4.68. The Morgan fingerprint density at radius 1 is 1.33 bits per heavy atom. The van der Waals surface area contributed by atoms with Crippen molar-refractivity contribution in [1.82, 2.24) is 9.78 Å². The summed E-state index contributed by atoms with van der Waals surface area (Å²) in [7, 11) is 0. The van der Waals surface area contributed by atoms with Crippen molar-refractivity contribution in [1.29, 1.82) is 0 Å². The first kappa shape index (κ1) is 15.6. The van der Waals surface area contributed by atoms with Gasteiger partial charge >= 0.3 is 0 Å². The number of rotatable bonds is 4. The molecule has 0 fully saturated rings. The van der Waals surface area contributed by atoms with Crippen LogP contribution >= 0.6 is 11.6 Å². The number of nitrogens with one attached hydrogen (secondary N) is 1. The highest BCUT2D eigenvalue weighted by atomic mass is 35.5. The average molecular weight is 306 g/mol. The molecule has 1 N–H and O–H groups in total. The van der Waals surface area contributed by atoms with Crippen LogP contribution in [0.25, 0.3) is 0 Å². The molecule has 1 atom stereocenters. The number of aryl methyl sites for hydroxylation is 3. The minimum absolute atomic E-state index is 0.0122. The number of carbonyl (C=O) groups is 1. The van der Waals surface area contributed by atoms with Crippen molar-refractivity contribution in [2.45, 2.75) is 40.2 Å². The van der Waals surface area contributed by atoms with Crippen molar-refractivity contribution in [3.8, 4) is 0 Å². The number of carbonyl (C=O) groups excluding carboxylic acids is 1. The second kappa shape index (κ2) is 6.31. The first-order chi connectivity index (χ1) is 9.86. The van der Waals surface area contributed by atoms with E-state index in [0.717, 1.165) is 22.6 Å². The SMILES string of the molecule is Cc1cc(C)n([C@H](C)CC(=O)Nc2cc(Cl)ccc2C)n1. The minimum atomic E-state index is -0.0413. The Hall–Kier alpha value is -1.81. The zero-order valence-corrected chi connectivity index (χ0v) is 13.5. The Morgan fingerprint density at radius 3 is 2.67 bits per heavy atom. The lowest BCUT2D eigenvalue weighted by Crippen LogP contribution is -2.19. The molecule has 0 unspecified atom stereocenters. The van der Waals surface area contributed by atoms with Crippen LogP contribution in [0.15, 0.2) is 24.3 Å². The van der Waals surface area contributed by atoms with E-state index in [2.05, 4.69) is 10.4 Å². The van der Waals surface area contributed by atoms with Gasteiger partial charge in [-0.1, -0.05) is 17.7 Å². The van der Waals surface area contributed by atoms with Crippen molar-refractivity contribution in [2.24, 2.45) is 0 Å². The fraction of sp³-hybridized carbons (Fsp3) is 0.375. The van der Waals surface area contributed by atoms with Gasteiger partial charge in [0.25, 0.3) is 0 Å². The molecule has 0 aliphatic carbocycles. The first-order valence-electron chi connectivity index (χ1n) is 6.95. The number of aromatic nitrogens is 2. The summed E-state index contributed by atoms with van der Waals surface area (Å²) in [6.45, 7) is 7.88. The molecule has 5 heteroatoms. The van der Waals surface area contributed by atoms with Gasteiger partial charge in [0.2, 0.25) is 5.91 Å². The van der Waals surface area contributed by atoms with Crippen molar-refractivity contribution in [2.75, 3.05) is 5.32 Å². The number of halogens is 1. The number of hydrogen-bond acceptors (Lipinski definition) is 2. The summed E-state index contributed by atoms with van der Waals surface area (Å²) >= 11 is 5.96. The molecule has 0 bridgehead atoms. The monoisotopic (exact) mass is 305 g/mol. The van der Waals surface area contributed by atoms with Crippen LogP contribution in [0.4, 0.5) is 5.69 Å². The summed E-state index contributed by atoms with van der Waals surface area (Å²) in [5.41, 5.74) is 3.77. The molecule has 21 heavy (non-hydrogen) atoms. The van der Waals surface area contributed by atoms with Gasteiger partial charge in [-0.2, -0.15) is 5.10 Å². The smallest absolute Gasteiger partial charge is 0.226 e. The standard InChI is InChI=1S/C16H20ClN3O/c1-10-5-6-14(17)9-15(10)18-16(21)8-13(4)20-12(3)7-11(2)19-20/h5-7,9,13H,8H2,1-4H3,(H,18,21)/t13-/m1/s1. The number of hydrogen-bond donors (Lipinski definition) is 1. The molecule has 1 heterocycles. The Balaban J connectivity index is 2.04. The third kappa shape index (κ3) is 3.85. The molecule has 2 aromatic rings. The molecule has 0 aliphatic rings. The zero-order chi connectivity index (χ0) is 15.6. The second-order valence-corrected chi connectivity index (χ2v) is 5.87. The summed E-state index contributed by atoms with van der Waals surface area (Å²) in [6.07, 6.45) is 0.369. The summed E-state index contributed by atoms with van der Waals surface area (Å²) in [5.74, 6) is -0.0413. The molecule has 0 spiro atoms. The van der Waals surface area contributed by atoms with Gasteiger partial charge in [-0.3, -0.25) is 9.48 Å². The number of amides is 1. The summed E-state index contributed by atoms with van der Waals surface area (Å²) < 4.78 is 1.89. The lowest BCUT2D eigenvalue weighted by atomic mass is 10.1. The van der Waals surface area contributed by atoms with E-state index in [1.54, 1.807) is 6.07 Å². The van der Waals surface area contributed by atoms with Crippen molar-refractivity contribution < 1.29 is 4.79 Å². The first-order valence-corrected chi connectivity index (χ1v) is 7.33. The van der Waals surface area contributed by atoms with E-state index in [4.69, 9.17) is 11.6 Å². The quantitative estimate of drug-likeness (QED) is 0.926. The lowest BCUT2D eigenvalue weighted by molar-refractivity contribution is -0.116. The van der Waals surface area contributed by atoms with Crippen molar-refractivity contribution in [3.63, 3.8) is 0 Å². The molecular formula is C16H20ClN3O. The van der Waals surface area contributed by atoms with Crippen LogP contribution in [0, 0.1) is 20.8 Å². The molecule has 1 aromatic carbocycles. The maximum absolute atomic E-state index is 12.2. The largest absolute Gasteiger partial charge is 0.326 e. The van der Waals surface area contributed by atoms with E-state index in [1.165, 1.54) is 0 Å². The Morgan fingerprint density at radius 2 is 2.05 bits per heavy atom. The lowest BCUT2D eigenvalue weighted by Gasteiger charge is -2.15. The number of anilines is 1. The van der Waals surface area contributed by atoms with Crippen molar-refractivity contribution in [3.05, 3.63) is 46.2 Å². The molecule has 0 aliphatic heterocycles. The van der Waals surface area contributed by atoms with E-state index in [9.17, 15) is 4.79 Å². The Labute approximate surface area is 130 Å². The number of nitrogens with zero attached hydrogens (tertiary/aromatic N) is 2. The van der Waals surface area contributed by atoms with E-state index < -0.39 is 0 Å². The number of benzene rings is 1. The third-order valence-electron chi connectivity index (χ3n) is 3.42. The summed E-state index contributed by atoms with van der Waals surface area (Å²) in [5, 5.41) is 7.94. The van der Waals surface area contributed by atoms with Crippen molar-refractivity contribution >= 4 is 23.2 Å². The summed E-state index contributed by atoms with van der Waals surface area (Å²) in [4.78, 5) is 12.2. The molecule has 2 rings (SSSR count). The van der Waals surface area contributed by atoms with Gasteiger partial charge in [0.15, 0.2) is 0 Å². The fourth-order valence-corrected chi connectivity index (χ4v) is 2.55. The topological polar surface area (TPSA) is 46.9 Å². The average Bonchev–Trinajstić information content (AvgIpc) is 2.73. The highest BCUT2D eigenvalue weighted by Gasteiger charge is 2.14. The highest BCUT2D eigenvalue weighted by Crippen LogP contribution is 2.21. The molecule has 0 saturated carbocycles. The van der Waals surface area contributed by atoms with E-state index in [1.807, 2.05) is 50.6 Å². The second-order valence-electron chi connectivity index (χ2n) is 5.43. The highest BCUT2D eigenvalue weighted by molar-refractivity contribution is 6.31. The maximum Gasteiger partial charge on any atom is 0.226 e. The van der Waals surface area contributed by atoms with Crippen LogP contribution in [0.3, 0.4) is 0 Å². The zero-order valence-electron chi connectivity index (χ0n) is 12.8. The fourth-order valence-electron chi connectivity index (χ4n) is 2.38. The van der Waals surface area contributed by atoms with Gasteiger partial charge in [-0.25, -0.2) is 0 Å². The predicted molar refractivity (Wildman–Crippen MR) is 85.8 cm³/mol. The molecule has 1 aromatic heterocycles.